The Kier molecular flexibility index (Phi) is 4.38. The zero-order valence-electron chi connectivity index (χ0n) is 7.43. The Morgan fingerprint density at radius 1 is 1.67 bits per heavy atom. The number of pyridine rings is 1. The van der Waals surface area contributed by atoms with Crippen molar-refractivity contribution in [1.29, 1.82) is 0 Å². The number of hydrogen-bond acceptors (Lipinski definition) is 3. The highest BCUT2D eigenvalue weighted by Crippen LogP contribution is 2.31. The highest BCUT2D eigenvalue weighted by molar-refractivity contribution is 14.1. The number of carbonyl (C=O) groups excluding carboxylic acids is 1. The minimum atomic E-state index is -2.63. The summed E-state index contributed by atoms with van der Waals surface area (Å²) in [5.74, 6) is -0.652. The van der Waals surface area contributed by atoms with Crippen LogP contribution in [-0.2, 0) is 4.74 Å². The molecule has 0 aromatic carbocycles. The standard InChI is InChI=1S/C8H5BrF2INO2/c1-15-8(14)6-5(12)4(9)3(2-13-6)7(10)11/h2,7H,1H3. The van der Waals surface area contributed by atoms with Gasteiger partial charge < -0.3 is 4.74 Å². The lowest BCUT2D eigenvalue weighted by atomic mass is 10.2. The topological polar surface area (TPSA) is 39.2 Å². The molecule has 0 aliphatic heterocycles. The molecule has 15 heavy (non-hydrogen) atoms. The summed E-state index contributed by atoms with van der Waals surface area (Å²) in [5, 5.41) is 0. The summed E-state index contributed by atoms with van der Waals surface area (Å²) in [6, 6.07) is 0. The minimum Gasteiger partial charge on any atom is -0.464 e. The van der Waals surface area contributed by atoms with Crippen molar-refractivity contribution < 1.29 is 18.3 Å². The molecule has 1 rings (SSSR count). The van der Waals surface area contributed by atoms with Crippen molar-refractivity contribution >= 4 is 44.5 Å². The fourth-order valence-corrected chi connectivity index (χ4v) is 2.00. The number of ether oxygens (including phenoxy) is 1. The second-order valence-electron chi connectivity index (χ2n) is 2.48. The van der Waals surface area contributed by atoms with Gasteiger partial charge in [-0.2, -0.15) is 0 Å². The molecule has 0 fully saturated rings. The van der Waals surface area contributed by atoms with Crippen LogP contribution in [0.1, 0.15) is 22.5 Å². The molecule has 0 spiro atoms. The van der Waals surface area contributed by atoms with Crippen LogP contribution in [0.5, 0.6) is 0 Å². The molecule has 0 atom stereocenters. The zero-order valence-corrected chi connectivity index (χ0v) is 11.2. The average Bonchev–Trinajstić information content (AvgIpc) is 2.20. The van der Waals surface area contributed by atoms with Crippen LogP contribution >= 0.6 is 38.5 Å². The molecule has 0 aliphatic carbocycles. The van der Waals surface area contributed by atoms with Gasteiger partial charge >= 0.3 is 5.97 Å². The van der Waals surface area contributed by atoms with E-state index >= 15 is 0 Å². The van der Waals surface area contributed by atoms with E-state index in [1.54, 1.807) is 22.6 Å². The van der Waals surface area contributed by atoms with E-state index in [0.717, 1.165) is 6.20 Å². The lowest BCUT2D eigenvalue weighted by Gasteiger charge is -2.07. The maximum atomic E-state index is 12.4. The van der Waals surface area contributed by atoms with Gasteiger partial charge in [0.2, 0.25) is 0 Å². The van der Waals surface area contributed by atoms with Gasteiger partial charge in [0.25, 0.3) is 6.43 Å². The van der Waals surface area contributed by atoms with Crippen molar-refractivity contribution in [3.05, 3.63) is 25.5 Å². The zero-order chi connectivity index (χ0) is 11.6. The van der Waals surface area contributed by atoms with E-state index in [-0.39, 0.29) is 15.7 Å². The SMILES string of the molecule is COC(=O)c1ncc(C(F)F)c(Br)c1I. The van der Waals surface area contributed by atoms with E-state index in [2.05, 4.69) is 25.7 Å². The molecule has 1 aromatic rings. The number of alkyl halides is 2. The summed E-state index contributed by atoms with van der Waals surface area (Å²) in [6.45, 7) is 0. The third-order valence-corrected chi connectivity index (χ3v) is 4.25. The normalized spacial score (nSPS) is 10.5. The van der Waals surface area contributed by atoms with Crippen LogP contribution < -0.4 is 0 Å². The summed E-state index contributed by atoms with van der Waals surface area (Å²) in [4.78, 5) is 14.8. The minimum absolute atomic E-state index is 0.0226. The van der Waals surface area contributed by atoms with Crippen LogP contribution in [-0.4, -0.2) is 18.1 Å². The Hall–Kier alpha value is -0.310. The van der Waals surface area contributed by atoms with E-state index in [1.165, 1.54) is 7.11 Å². The van der Waals surface area contributed by atoms with Crippen LogP contribution in [0.25, 0.3) is 0 Å². The van der Waals surface area contributed by atoms with Gasteiger partial charge in [-0.15, -0.1) is 0 Å². The van der Waals surface area contributed by atoms with E-state index in [9.17, 15) is 13.6 Å². The van der Waals surface area contributed by atoms with Crippen molar-refractivity contribution in [3.8, 4) is 0 Å². The third kappa shape index (κ3) is 2.63. The van der Waals surface area contributed by atoms with E-state index < -0.39 is 12.4 Å². The lowest BCUT2D eigenvalue weighted by molar-refractivity contribution is 0.0592. The van der Waals surface area contributed by atoms with Crippen molar-refractivity contribution in [2.24, 2.45) is 0 Å². The second kappa shape index (κ2) is 5.15. The van der Waals surface area contributed by atoms with Gasteiger partial charge in [-0.1, -0.05) is 0 Å². The molecule has 0 aliphatic rings. The van der Waals surface area contributed by atoms with Crippen molar-refractivity contribution in [1.82, 2.24) is 4.98 Å². The molecule has 0 saturated heterocycles. The van der Waals surface area contributed by atoms with Crippen molar-refractivity contribution in [2.45, 2.75) is 6.43 Å². The lowest BCUT2D eigenvalue weighted by Crippen LogP contribution is -2.08. The van der Waals surface area contributed by atoms with Crippen LogP contribution in [0.15, 0.2) is 10.7 Å². The van der Waals surface area contributed by atoms with E-state index in [4.69, 9.17) is 0 Å². The molecule has 0 bridgehead atoms. The molecule has 0 saturated carbocycles. The predicted octanol–water partition coefficient (Wildman–Crippen LogP) is 3.17. The van der Waals surface area contributed by atoms with Crippen molar-refractivity contribution in [2.75, 3.05) is 7.11 Å². The Morgan fingerprint density at radius 2 is 2.27 bits per heavy atom. The maximum absolute atomic E-state index is 12.4. The Morgan fingerprint density at radius 3 is 2.73 bits per heavy atom. The first-order valence-electron chi connectivity index (χ1n) is 3.69. The highest BCUT2D eigenvalue weighted by Gasteiger charge is 2.20. The van der Waals surface area contributed by atoms with Crippen LogP contribution in [0.2, 0.25) is 0 Å². The van der Waals surface area contributed by atoms with Gasteiger partial charge in [0.1, 0.15) is 0 Å². The summed E-state index contributed by atoms with van der Waals surface area (Å²) in [6.07, 6.45) is -1.67. The van der Waals surface area contributed by atoms with Crippen LogP contribution in [0, 0.1) is 3.57 Å². The van der Waals surface area contributed by atoms with Crippen LogP contribution in [0.3, 0.4) is 0 Å². The molecule has 1 aromatic heterocycles. The summed E-state index contributed by atoms with van der Waals surface area (Å²) in [7, 11) is 1.20. The van der Waals surface area contributed by atoms with Crippen LogP contribution in [0.4, 0.5) is 8.78 Å². The summed E-state index contributed by atoms with van der Waals surface area (Å²) in [5.41, 5.74) is -0.221. The molecule has 0 radical (unpaired) electrons. The maximum Gasteiger partial charge on any atom is 0.357 e. The number of hydrogen-bond donors (Lipinski definition) is 0. The fraction of sp³-hybridized carbons (Fsp3) is 0.250. The quantitative estimate of drug-likeness (QED) is 0.574. The summed E-state index contributed by atoms with van der Waals surface area (Å²) >= 11 is 4.75. The molecule has 3 nitrogen and oxygen atoms in total. The summed E-state index contributed by atoms with van der Waals surface area (Å²) < 4.78 is 29.8. The number of aromatic nitrogens is 1. The van der Waals surface area contributed by atoms with Crippen molar-refractivity contribution in [3.63, 3.8) is 0 Å². The number of esters is 1. The van der Waals surface area contributed by atoms with Gasteiger partial charge in [0.05, 0.1) is 16.2 Å². The first-order valence-corrected chi connectivity index (χ1v) is 5.56. The molecule has 82 valence electrons. The molecule has 7 heteroatoms. The van der Waals surface area contributed by atoms with Gasteiger partial charge in [0.15, 0.2) is 5.69 Å². The second-order valence-corrected chi connectivity index (χ2v) is 4.35. The third-order valence-electron chi connectivity index (χ3n) is 1.60. The number of carbonyl (C=O) groups is 1. The average molecular weight is 392 g/mol. The van der Waals surface area contributed by atoms with E-state index in [1.807, 2.05) is 0 Å². The molecular weight excluding hydrogens is 387 g/mol. The molecule has 0 unspecified atom stereocenters. The Bertz CT molecular complexity index is 400. The Balaban J connectivity index is 3.27. The number of halogens is 4. The monoisotopic (exact) mass is 391 g/mol. The smallest absolute Gasteiger partial charge is 0.357 e. The first kappa shape index (κ1) is 12.8. The largest absolute Gasteiger partial charge is 0.464 e. The highest BCUT2D eigenvalue weighted by atomic mass is 127. The number of rotatable bonds is 2. The first-order chi connectivity index (χ1) is 6.99. The predicted molar refractivity (Wildman–Crippen MR) is 61.0 cm³/mol. The molecule has 1 heterocycles. The van der Waals surface area contributed by atoms with E-state index in [0.29, 0.717) is 3.57 Å². The fourth-order valence-electron chi connectivity index (χ4n) is 0.869. The van der Waals surface area contributed by atoms with Gasteiger partial charge in [-0.25, -0.2) is 18.6 Å². The number of nitrogens with zero attached hydrogens (tertiary/aromatic N) is 1. The number of methoxy groups -OCH3 is 1. The van der Waals surface area contributed by atoms with Gasteiger partial charge in [-0.3, -0.25) is 0 Å². The molecule has 0 amide bonds. The van der Waals surface area contributed by atoms with Gasteiger partial charge in [0, 0.05) is 10.7 Å². The molecule has 0 N–H and O–H groups in total. The Labute approximate surface area is 106 Å². The molecular formula is C8H5BrF2INO2. The van der Waals surface area contributed by atoms with Gasteiger partial charge in [-0.05, 0) is 38.5 Å².